The molecule has 2 heterocycles. The summed E-state index contributed by atoms with van der Waals surface area (Å²) in [6.07, 6.45) is -2.60. The minimum atomic E-state index is -4.48. The van der Waals surface area contributed by atoms with Crippen LogP contribution in [0.4, 0.5) is 29.5 Å². The van der Waals surface area contributed by atoms with Crippen molar-refractivity contribution in [1.29, 1.82) is 0 Å². The summed E-state index contributed by atoms with van der Waals surface area (Å²) in [5, 5.41) is 3.25. The molecule has 5 nitrogen and oxygen atoms in total. The second-order valence-electron chi connectivity index (χ2n) is 6.56. The van der Waals surface area contributed by atoms with Gasteiger partial charge in [-0.3, -0.25) is 0 Å². The Kier molecular flexibility index (Phi) is 5.98. The number of urea groups is 1. The Hall–Kier alpha value is -2.48. The smallest absolute Gasteiger partial charge is 0.354 e. The van der Waals surface area contributed by atoms with Crippen molar-refractivity contribution >= 4 is 29.1 Å². The molecule has 0 saturated carbocycles. The minimum Gasteiger partial charge on any atom is -0.354 e. The molecule has 0 spiro atoms. The molecular formula is C19H20ClF3N4O. The summed E-state index contributed by atoms with van der Waals surface area (Å²) in [5.74, 6) is -0.0980. The quantitative estimate of drug-likeness (QED) is 0.770. The molecule has 28 heavy (non-hydrogen) atoms. The number of para-hydroxylation sites is 1. The first kappa shape index (κ1) is 20.3. The predicted octanol–water partition coefficient (Wildman–Crippen LogP) is 4.81. The van der Waals surface area contributed by atoms with Crippen LogP contribution < -0.4 is 10.2 Å². The molecule has 2 amide bonds. The van der Waals surface area contributed by atoms with Gasteiger partial charge in [-0.15, -0.1) is 0 Å². The van der Waals surface area contributed by atoms with Gasteiger partial charge >= 0.3 is 12.2 Å². The number of aromatic nitrogens is 1. The summed E-state index contributed by atoms with van der Waals surface area (Å²) in [6, 6.07) is 7.30. The Bertz CT molecular complexity index is 839. The highest BCUT2D eigenvalue weighted by Gasteiger charge is 2.36. The molecule has 1 fully saturated rings. The predicted molar refractivity (Wildman–Crippen MR) is 103 cm³/mol. The third kappa shape index (κ3) is 4.49. The van der Waals surface area contributed by atoms with Gasteiger partial charge in [0.15, 0.2) is 0 Å². The number of nitrogens with one attached hydrogen (secondary N) is 1. The number of alkyl halides is 3. The molecule has 9 heteroatoms. The van der Waals surface area contributed by atoms with Gasteiger partial charge in [0.2, 0.25) is 0 Å². The van der Waals surface area contributed by atoms with E-state index in [0.717, 1.165) is 11.6 Å². The number of amides is 2. The Morgan fingerprint density at radius 2 is 1.93 bits per heavy atom. The monoisotopic (exact) mass is 412 g/mol. The third-order valence-corrected chi connectivity index (χ3v) is 4.94. The van der Waals surface area contributed by atoms with Crippen LogP contribution in [0.2, 0.25) is 5.02 Å². The lowest BCUT2D eigenvalue weighted by atomic mass is 10.2. The molecule has 3 rings (SSSR count). The molecule has 0 atom stereocenters. The highest BCUT2D eigenvalue weighted by molar-refractivity contribution is 6.33. The number of hydrogen-bond donors (Lipinski definition) is 1. The number of pyridine rings is 1. The molecule has 150 valence electrons. The summed E-state index contributed by atoms with van der Waals surface area (Å²) < 4.78 is 39.8. The fourth-order valence-corrected chi connectivity index (χ4v) is 3.45. The Labute approximate surface area is 166 Å². The average Bonchev–Trinajstić information content (AvgIpc) is 2.90. The van der Waals surface area contributed by atoms with Crippen molar-refractivity contribution in [3.63, 3.8) is 0 Å². The van der Waals surface area contributed by atoms with Crippen LogP contribution in [0.25, 0.3) is 0 Å². The summed E-state index contributed by atoms with van der Waals surface area (Å²) in [6.45, 7) is 3.19. The lowest BCUT2D eigenvalue weighted by molar-refractivity contribution is -0.137. The van der Waals surface area contributed by atoms with Crippen LogP contribution in [-0.2, 0) is 6.18 Å². The summed E-state index contributed by atoms with van der Waals surface area (Å²) in [7, 11) is 0. The van der Waals surface area contributed by atoms with Crippen LogP contribution in [0.5, 0.6) is 0 Å². The van der Waals surface area contributed by atoms with Crippen molar-refractivity contribution in [2.45, 2.75) is 19.5 Å². The molecule has 0 bridgehead atoms. The van der Waals surface area contributed by atoms with E-state index in [0.29, 0.717) is 30.2 Å². The van der Waals surface area contributed by atoms with E-state index in [1.54, 1.807) is 21.9 Å². The number of hydrogen-bond acceptors (Lipinski definition) is 3. The first-order valence-corrected chi connectivity index (χ1v) is 9.23. The number of carbonyl (C=O) groups excluding carboxylic acids is 1. The van der Waals surface area contributed by atoms with Gasteiger partial charge in [0.1, 0.15) is 5.82 Å². The maximum atomic E-state index is 13.3. The molecule has 1 aliphatic rings. The lowest BCUT2D eigenvalue weighted by Gasteiger charge is -2.25. The van der Waals surface area contributed by atoms with Crippen molar-refractivity contribution in [3.8, 4) is 0 Å². The van der Waals surface area contributed by atoms with Crippen molar-refractivity contribution in [2.24, 2.45) is 0 Å². The Morgan fingerprint density at radius 3 is 2.64 bits per heavy atom. The first-order valence-electron chi connectivity index (χ1n) is 8.85. The van der Waals surface area contributed by atoms with E-state index in [-0.39, 0.29) is 24.9 Å². The molecule has 1 aromatic carbocycles. The maximum absolute atomic E-state index is 13.3. The summed E-state index contributed by atoms with van der Waals surface area (Å²) in [4.78, 5) is 19.7. The van der Waals surface area contributed by atoms with E-state index in [1.807, 2.05) is 13.0 Å². The van der Waals surface area contributed by atoms with Crippen LogP contribution in [0, 0.1) is 6.92 Å². The molecule has 1 saturated heterocycles. The van der Waals surface area contributed by atoms with E-state index >= 15 is 0 Å². The van der Waals surface area contributed by atoms with Crippen LogP contribution >= 0.6 is 11.6 Å². The van der Waals surface area contributed by atoms with E-state index in [1.165, 1.54) is 12.3 Å². The molecule has 0 aliphatic carbocycles. The van der Waals surface area contributed by atoms with Crippen LogP contribution in [0.3, 0.4) is 0 Å². The molecule has 1 aliphatic heterocycles. The van der Waals surface area contributed by atoms with Crippen LogP contribution in [-0.4, -0.2) is 42.1 Å². The number of halogens is 4. The van der Waals surface area contributed by atoms with Crippen molar-refractivity contribution in [2.75, 3.05) is 36.4 Å². The summed E-state index contributed by atoms with van der Waals surface area (Å²) >= 11 is 6.15. The second-order valence-corrected chi connectivity index (χ2v) is 6.97. The number of carbonyl (C=O) groups is 1. The van der Waals surface area contributed by atoms with Crippen molar-refractivity contribution in [1.82, 2.24) is 9.88 Å². The summed E-state index contributed by atoms with van der Waals surface area (Å²) in [5.41, 5.74) is 0.611. The highest BCUT2D eigenvalue weighted by Crippen LogP contribution is 2.35. The fraction of sp³-hybridized carbons (Fsp3) is 0.368. The number of rotatable bonds is 2. The van der Waals surface area contributed by atoms with Gasteiger partial charge in [0.25, 0.3) is 0 Å². The van der Waals surface area contributed by atoms with Gasteiger partial charge in [0.05, 0.1) is 16.3 Å². The topological polar surface area (TPSA) is 48.5 Å². The second kappa shape index (κ2) is 8.26. The zero-order valence-electron chi connectivity index (χ0n) is 15.3. The molecule has 1 aromatic heterocycles. The molecule has 2 aromatic rings. The van der Waals surface area contributed by atoms with E-state index in [4.69, 9.17) is 11.6 Å². The molecular weight excluding hydrogens is 393 g/mol. The van der Waals surface area contributed by atoms with E-state index < -0.39 is 11.7 Å². The molecule has 1 N–H and O–H groups in total. The Balaban J connectivity index is 1.71. The van der Waals surface area contributed by atoms with E-state index in [2.05, 4.69) is 10.3 Å². The largest absolute Gasteiger partial charge is 0.419 e. The molecule has 0 radical (unpaired) electrons. The van der Waals surface area contributed by atoms with Gasteiger partial charge in [-0.2, -0.15) is 13.2 Å². The third-order valence-electron chi connectivity index (χ3n) is 4.63. The lowest BCUT2D eigenvalue weighted by Crippen LogP contribution is -2.38. The number of aryl methyl sites for hydroxylation is 1. The standard InChI is InChI=1S/C19H20ClF3N4O/c1-13-5-2-7-15(20)16(13)25-18(28)27-10-4-9-26(11-12-27)17-14(19(21,22)23)6-3-8-24-17/h2-3,5-8H,4,9-12H2,1H3,(H,25,28). The van der Waals surface area contributed by atoms with Crippen molar-refractivity contribution < 1.29 is 18.0 Å². The Morgan fingerprint density at radius 1 is 1.14 bits per heavy atom. The van der Waals surface area contributed by atoms with Gasteiger partial charge in [-0.1, -0.05) is 23.7 Å². The SMILES string of the molecule is Cc1cccc(Cl)c1NC(=O)N1CCCN(c2ncccc2C(F)(F)F)CC1. The fourth-order valence-electron chi connectivity index (χ4n) is 3.18. The average molecular weight is 413 g/mol. The maximum Gasteiger partial charge on any atom is 0.419 e. The first-order chi connectivity index (χ1) is 13.3. The number of benzene rings is 1. The van der Waals surface area contributed by atoms with Crippen molar-refractivity contribution in [3.05, 3.63) is 52.7 Å². The van der Waals surface area contributed by atoms with Gasteiger partial charge in [0, 0.05) is 32.4 Å². The number of anilines is 2. The zero-order chi connectivity index (χ0) is 20.3. The van der Waals surface area contributed by atoms with Gasteiger partial charge in [-0.05, 0) is 37.1 Å². The van der Waals surface area contributed by atoms with Crippen LogP contribution in [0.15, 0.2) is 36.5 Å². The number of nitrogens with zero attached hydrogens (tertiary/aromatic N) is 3. The van der Waals surface area contributed by atoms with Gasteiger partial charge in [-0.25, -0.2) is 9.78 Å². The highest BCUT2D eigenvalue weighted by atomic mass is 35.5. The molecule has 0 unspecified atom stereocenters. The van der Waals surface area contributed by atoms with Gasteiger partial charge < -0.3 is 15.1 Å². The van der Waals surface area contributed by atoms with Crippen LogP contribution in [0.1, 0.15) is 17.5 Å². The zero-order valence-corrected chi connectivity index (χ0v) is 16.0. The normalized spacial score (nSPS) is 15.3. The van der Waals surface area contributed by atoms with E-state index in [9.17, 15) is 18.0 Å². The minimum absolute atomic E-state index is 0.0980.